The van der Waals surface area contributed by atoms with Gasteiger partial charge in [0.15, 0.2) is 5.96 Å². The second kappa shape index (κ2) is 12.7. The fourth-order valence-electron chi connectivity index (χ4n) is 3.50. The molecule has 0 saturated carbocycles. The van der Waals surface area contributed by atoms with E-state index in [4.69, 9.17) is 9.47 Å². The number of piperidine rings is 1. The Morgan fingerprint density at radius 3 is 2.48 bits per heavy atom. The molecular weight excluding hydrogens is 477 g/mol. The molecule has 158 valence electrons. The summed E-state index contributed by atoms with van der Waals surface area (Å²) >= 11 is 0. The lowest BCUT2D eigenvalue weighted by Crippen LogP contribution is -2.46. The van der Waals surface area contributed by atoms with Crippen LogP contribution in [0.4, 0.5) is 0 Å². The van der Waals surface area contributed by atoms with Gasteiger partial charge in [-0.3, -0.25) is 4.99 Å². The zero-order valence-electron chi connectivity index (χ0n) is 17.3. The molecule has 3 rings (SSSR count). The van der Waals surface area contributed by atoms with Gasteiger partial charge in [-0.25, -0.2) is 0 Å². The summed E-state index contributed by atoms with van der Waals surface area (Å²) in [6, 6.07) is 18.4. The lowest BCUT2D eigenvalue weighted by Gasteiger charge is -2.34. The molecule has 6 heteroatoms. The first-order chi connectivity index (χ1) is 13.8. The zero-order chi connectivity index (χ0) is 19.6. The van der Waals surface area contributed by atoms with Crippen molar-refractivity contribution in [3.63, 3.8) is 0 Å². The Morgan fingerprint density at radius 1 is 1.07 bits per heavy atom. The van der Waals surface area contributed by atoms with Gasteiger partial charge in [0.05, 0.1) is 6.10 Å². The van der Waals surface area contributed by atoms with Crippen LogP contribution in [-0.4, -0.2) is 43.7 Å². The monoisotopic (exact) mass is 509 g/mol. The Morgan fingerprint density at radius 2 is 1.79 bits per heavy atom. The van der Waals surface area contributed by atoms with E-state index in [1.54, 1.807) is 0 Å². The highest BCUT2D eigenvalue weighted by Crippen LogP contribution is 2.15. The number of para-hydroxylation sites is 1. The van der Waals surface area contributed by atoms with Crippen LogP contribution in [0.3, 0.4) is 0 Å². The van der Waals surface area contributed by atoms with Crippen molar-refractivity contribution in [3.05, 3.63) is 65.7 Å². The highest BCUT2D eigenvalue weighted by molar-refractivity contribution is 14.0. The van der Waals surface area contributed by atoms with E-state index in [1.165, 1.54) is 5.56 Å². The summed E-state index contributed by atoms with van der Waals surface area (Å²) in [5, 5.41) is 3.50. The normalized spacial score (nSPS) is 15.0. The van der Waals surface area contributed by atoms with Gasteiger partial charge < -0.3 is 19.7 Å². The quantitative estimate of drug-likeness (QED) is 0.340. The number of nitrogens with zero attached hydrogens (tertiary/aromatic N) is 2. The second-order valence-electron chi connectivity index (χ2n) is 6.96. The van der Waals surface area contributed by atoms with E-state index in [2.05, 4.69) is 46.4 Å². The van der Waals surface area contributed by atoms with E-state index in [-0.39, 0.29) is 24.0 Å². The topological polar surface area (TPSA) is 46.1 Å². The van der Waals surface area contributed by atoms with Gasteiger partial charge in [-0.2, -0.15) is 0 Å². The van der Waals surface area contributed by atoms with E-state index >= 15 is 0 Å². The van der Waals surface area contributed by atoms with Crippen molar-refractivity contribution >= 4 is 29.9 Å². The number of rotatable bonds is 7. The fourth-order valence-corrected chi connectivity index (χ4v) is 3.50. The van der Waals surface area contributed by atoms with Gasteiger partial charge in [0, 0.05) is 33.3 Å². The van der Waals surface area contributed by atoms with Crippen LogP contribution in [0.25, 0.3) is 0 Å². The van der Waals surface area contributed by atoms with Crippen molar-refractivity contribution in [2.24, 2.45) is 4.99 Å². The van der Waals surface area contributed by atoms with Gasteiger partial charge in [-0.1, -0.05) is 42.5 Å². The molecule has 2 aromatic carbocycles. The molecule has 1 aliphatic heterocycles. The first-order valence-corrected chi connectivity index (χ1v) is 10.1. The van der Waals surface area contributed by atoms with E-state index < -0.39 is 0 Å². The molecule has 1 fully saturated rings. The molecule has 0 bridgehead atoms. The van der Waals surface area contributed by atoms with Crippen LogP contribution in [0.2, 0.25) is 0 Å². The summed E-state index contributed by atoms with van der Waals surface area (Å²) in [4.78, 5) is 6.78. The van der Waals surface area contributed by atoms with Crippen LogP contribution in [0.1, 0.15) is 30.9 Å². The molecule has 5 nitrogen and oxygen atoms in total. The number of hydrogen-bond acceptors (Lipinski definition) is 3. The summed E-state index contributed by atoms with van der Waals surface area (Å²) < 4.78 is 11.6. The first-order valence-electron chi connectivity index (χ1n) is 10.1. The summed E-state index contributed by atoms with van der Waals surface area (Å²) in [6.45, 7) is 6.13. The zero-order valence-corrected chi connectivity index (χ0v) is 19.7. The number of likely N-dealkylation sites (tertiary alicyclic amines) is 1. The van der Waals surface area contributed by atoms with Crippen molar-refractivity contribution in [1.82, 2.24) is 10.2 Å². The standard InChI is InChI=1S/C23H31N3O2.HI/c1-3-27-22-12-14-26(15-13-22)23(24-2)25-17-19-8-7-9-20(16-19)18-28-21-10-5-4-6-11-21;/h4-11,16,22H,3,12-15,17-18H2,1-2H3,(H,24,25);1H. The van der Waals surface area contributed by atoms with Crippen LogP contribution < -0.4 is 10.1 Å². The SMILES string of the molecule is CCOC1CCN(C(=NC)NCc2cccc(COc3ccccc3)c2)CC1.I. The van der Waals surface area contributed by atoms with Gasteiger partial charge in [0.2, 0.25) is 0 Å². The molecule has 1 saturated heterocycles. The Bertz CT molecular complexity index is 747. The molecule has 0 spiro atoms. The molecule has 0 aliphatic carbocycles. The molecule has 1 aliphatic rings. The maximum Gasteiger partial charge on any atom is 0.193 e. The third kappa shape index (κ3) is 7.51. The lowest BCUT2D eigenvalue weighted by molar-refractivity contribution is 0.0263. The highest BCUT2D eigenvalue weighted by atomic mass is 127. The molecule has 1 N–H and O–H groups in total. The average Bonchev–Trinajstić information content (AvgIpc) is 2.75. The maximum absolute atomic E-state index is 5.85. The minimum Gasteiger partial charge on any atom is -0.489 e. The number of ether oxygens (including phenoxy) is 2. The Kier molecular flexibility index (Phi) is 10.3. The molecule has 0 amide bonds. The number of guanidine groups is 1. The minimum atomic E-state index is 0. The molecular formula is C23H32IN3O2. The predicted octanol–water partition coefficient (Wildman–Crippen LogP) is 4.46. The first kappa shape index (κ1) is 23.5. The number of hydrogen-bond donors (Lipinski definition) is 1. The smallest absolute Gasteiger partial charge is 0.193 e. The van der Waals surface area contributed by atoms with Crippen LogP contribution in [0.5, 0.6) is 5.75 Å². The Hall–Kier alpha value is -1.80. The van der Waals surface area contributed by atoms with Crippen molar-refractivity contribution < 1.29 is 9.47 Å². The molecule has 0 radical (unpaired) electrons. The Labute approximate surface area is 191 Å². The third-order valence-corrected chi connectivity index (χ3v) is 4.95. The summed E-state index contributed by atoms with van der Waals surface area (Å²) in [7, 11) is 1.85. The molecule has 0 atom stereocenters. The van der Waals surface area contributed by atoms with Crippen molar-refractivity contribution in [2.75, 3.05) is 26.7 Å². The van der Waals surface area contributed by atoms with Crippen molar-refractivity contribution in [3.8, 4) is 5.75 Å². The lowest BCUT2D eigenvalue weighted by atomic mass is 10.1. The molecule has 0 unspecified atom stereocenters. The van der Waals surface area contributed by atoms with Gasteiger partial charge in [-0.05, 0) is 43.0 Å². The van der Waals surface area contributed by atoms with Crippen LogP contribution >= 0.6 is 24.0 Å². The number of halogens is 1. The van der Waals surface area contributed by atoms with Crippen LogP contribution in [0, 0.1) is 0 Å². The minimum absolute atomic E-state index is 0. The molecule has 2 aromatic rings. The van der Waals surface area contributed by atoms with Crippen molar-refractivity contribution in [2.45, 2.75) is 39.0 Å². The van der Waals surface area contributed by atoms with Crippen molar-refractivity contribution in [1.29, 1.82) is 0 Å². The molecule has 29 heavy (non-hydrogen) atoms. The van der Waals surface area contributed by atoms with E-state index in [1.807, 2.05) is 37.4 Å². The third-order valence-electron chi connectivity index (χ3n) is 4.95. The fraction of sp³-hybridized carbons (Fsp3) is 0.435. The number of benzene rings is 2. The van der Waals surface area contributed by atoms with Gasteiger partial charge >= 0.3 is 0 Å². The highest BCUT2D eigenvalue weighted by Gasteiger charge is 2.21. The largest absolute Gasteiger partial charge is 0.489 e. The van der Waals surface area contributed by atoms with Gasteiger partial charge in [-0.15, -0.1) is 24.0 Å². The van der Waals surface area contributed by atoms with Crippen LogP contribution in [0.15, 0.2) is 59.6 Å². The molecule has 0 aromatic heterocycles. The summed E-state index contributed by atoms with van der Waals surface area (Å²) in [6.07, 6.45) is 2.50. The van der Waals surface area contributed by atoms with E-state index in [0.29, 0.717) is 12.7 Å². The van der Waals surface area contributed by atoms with Gasteiger partial charge in [0.1, 0.15) is 12.4 Å². The average molecular weight is 509 g/mol. The second-order valence-corrected chi connectivity index (χ2v) is 6.96. The predicted molar refractivity (Wildman–Crippen MR) is 129 cm³/mol. The summed E-state index contributed by atoms with van der Waals surface area (Å²) in [5.41, 5.74) is 2.38. The Balaban J connectivity index is 0.00000300. The van der Waals surface area contributed by atoms with E-state index in [0.717, 1.165) is 56.4 Å². The number of aliphatic imine (C=N–C) groups is 1. The van der Waals surface area contributed by atoms with Crippen LogP contribution in [-0.2, 0) is 17.9 Å². The van der Waals surface area contributed by atoms with E-state index in [9.17, 15) is 0 Å². The molecule has 1 heterocycles. The number of nitrogens with one attached hydrogen (secondary N) is 1. The van der Waals surface area contributed by atoms with Gasteiger partial charge in [0.25, 0.3) is 0 Å². The maximum atomic E-state index is 5.85. The summed E-state index contributed by atoms with van der Waals surface area (Å²) in [5.74, 6) is 1.85.